The van der Waals surface area contributed by atoms with Crippen molar-refractivity contribution in [1.29, 1.82) is 0 Å². The zero-order valence-corrected chi connectivity index (χ0v) is 17.9. The summed E-state index contributed by atoms with van der Waals surface area (Å²) in [5, 5.41) is 5.11. The maximum absolute atomic E-state index is 12.8. The number of hydrogen-bond acceptors (Lipinski definition) is 7. The van der Waals surface area contributed by atoms with E-state index >= 15 is 0 Å². The van der Waals surface area contributed by atoms with Gasteiger partial charge >= 0.3 is 0 Å². The van der Waals surface area contributed by atoms with Gasteiger partial charge in [0.05, 0.1) is 0 Å². The third-order valence-corrected chi connectivity index (χ3v) is 7.28. The van der Waals surface area contributed by atoms with E-state index in [1.54, 1.807) is 6.20 Å². The van der Waals surface area contributed by atoms with E-state index in [1.165, 1.54) is 22.7 Å². The quantitative estimate of drug-likeness (QED) is 0.625. The third-order valence-electron chi connectivity index (χ3n) is 5.63. The van der Waals surface area contributed by atoms with Crippen molar-refractivity contribution >= 4 is 34.5 Å². The Labute approximate surface area is 182 Å². The normalized spacial score (nSPS) is 17.7. The van der Waals surface area contributed by atoms with Gasteiger partial charge in [0.25, 0.3) is 11.8 Å². The summed E-state index contributed by atoms with van der Waals surface area (Å²) in [5.74, 6) is 0.0232. The van der Waals surface area contributed by atoms with Crippen molar-refractivity contribution in [2.45, 2.75) is 6.04 Å². The van der Waals surface area contributed by atoms with Gasteiger partial charge in [-0.3, -0.25) is 14.5 Å². The lowest BCUT2D eigenvalue weighted by molar-refractivity contribution is 0.00827. The highest BCUT2D eigenvalue weighted by molar-refractivity contribution is 7.13. The van der Waals surface area contributed by atoms with Crippen LogP contribution in [0.15, 0.2) is 47.3 Å². The smallest absolute Gasteiger partial charge is 0.282 e. The Morgan fingerprint density at radius 1 is 0.933 bits per heavy atom. The molecule has 2 fully saturated rings. The van der Waals surface area contributed by atoms with E-state index < -0.39 is 0 Å². The van der Waals surface area contributed by atoms with Crippen LogP contribution in [0.2, 0.25) is 0 Å². The molecular formula is C21H21N5O2S2. The molecule has 0 N–H and O–H groups in total. The van der Waals surface area contributed by atoms with Gasteiger partial charge in [0.2, 0.25) is 0 Å². The maximum atomic E-state index is 12.8. The van der Waals surface area contributed by atoms with E-state index in [4.69, 9.17) is 0 Å². The number of piperazine rings is 1. The van der Waals surface area contributed by atoms with Gasteiger partial charge in [0.15, 0.2) is 5.01 Å². The van der Waals surface area contributed by atoms with Crippen LogP contribution in [0.1, 0.15) is 20.3 Å². The number of rotatable bonds is 4. The minimum absolute atomic E-state index is 0.00210. The number of likely N-dealkylation sites (tertiary alicyclic amines) is 1. The molecule has 7 nitrogen and oxygen atoms in total. The van der Waals surface area contributed by atoms with E-state index in [0.29, 0.717) is 29.8 Å². The predicted molar refractivity (Wildman–Crippen MR) is 117 cm³/mol. The van der Waals surface area contributed by atoms with Gasteiger partial charge in [0, 0.05) is 67.8 Å². The average Bonchev–Trinajstić information content (AvgIpc) is 3.46. The maximum Gasteiger partial charge on any atom is 0.282 e. The molecule has 2 saturated heterocycles. The lowest BCUT2D eigenvalue weighted by Crippen LogP contribution is -2.64. The summed E-state index contributed by atoms with van der Waals surface area (Å²) in [6.07, 6.45) is 1.67. The number of carbonyl (C=O) groups excluding carboxylic acids is 2. The Bertz CT molecular complexity index is 1020. The number of benzene rings is 1. The molecular weight excluding hydrogens is 418 g/mol. The lowest BCUT2D eigenvalue weighted by Gasteiger charge is -2.47. The number of carbonyl (C=O) groups is 2. The van der Waals surface area contributed by atoms with Crippen LogP contribution in [0, 0.1) is 0 Å². The summed E-state index contributed by atoms with van der Waals surface area (Å²) >= 11 is 2.89. The number of thiazole rings is 2. The van der Waals surface area contributed by atoms with Crippen molar-refractivity contribution in [3.8, 4) is 10.6 Å². The molecule has 2 aliphatic rings. The molecule has 30 heavy (non-hydrogen) atoms. The molecule has 2 amide bonds. The summed E-state index contributed by atoms with van der Waals surface area (Å²) in [4.78, 5) is 40.0. The molecule has 154 valence electrons. The molecule has 0 bridgehead atoms. The molecule has 9 heteroatoms. The fourth-order valence-corrected chi connectivity index (χ4v) is 5.26. The summed E-state index contributed by atoms with van der Waals surface area (Å²) < 4.78 is 0. The van der Waals surface area contributed by atoms with Crippen LogP contribution in [-0.4, -0.2) is 81.8 Å². The number of amides is 2. The van der Waals surface area contributed by atoms with Crippen LogP contribution in [-0.2, 0) is 0 Å². The number of nitrogens with zero attached hydrogens (tertiary/aromatic N) is 5. The molecule has 1 aromatic carbocycles. The van der Waals surface area contributed by atoms with Gasteiger partial charge in [0.1, 0.15) is 10.7 Å². The summed E-state index contributed by atoms with van der Waals surface area (Å²) in [7, 11) is 0. The van der Waals surface area contributed by atoms with Crippen molar-refractivity contribution in [3.05, 3.63) is 58.0 Å². The Morgan fingerprint density at radius 2 is 1.70 bits per heavy atom. The summed E-state index contributed by atoms with van der Waals surface area (Å²) in [6.45, 7) is 4.51. The van der Waals surface area contributed by atoms with Gasteiger partial charge in [-0.2, -0.15) is 0 Å². The second-order valence-corrected chi connectivity index (χ2v) is 9.19. The first kappa shape index (κ1) is 19.3. The standard InChI is InChI=1S/C21H21N5O2S2/c27-20(17-14-30-18(23-17)15-4-2-1-3-5-15)26-12-16(13-26)24-7-9-25(10-8-24)21(28)19-22-6-11-29-19/h1-6,11,14,16H,7-10,12-13H2. The molecule has 0 atom stereocenters. The molecule has 0 spiro atoms. The van der Waals surface area contributed by atoms with Crippen LogP contribution in [0.3, 0.4) is 0 Å². The summed E-state index contributed by atoms with van der Waals surface area (Å²) in [6, 6.07) is 10.3. The molecule has 4 heterocycles. The zero-order chi connectivity index (χ0) is 20.5. The topological polar surface area (TPSA) is 69.6 Å². The Balaban J connectivity index is 1.12. The Kier molecular flexibility index (Phi) is 5.32. The van der Waals surface area contributed by atoms with E-state index in [-0.39, 0.29) is 11.8 Å². The molecule has 0 unspecified atom stereocenters. The van der Waals surface area contributed by atoms with Gasteiger partial charge in [-0.25, -0.2) is 9.97 Å². The lowest BCUT2D eigenvalue weighted by atomic mass is 10.1. The van der Waals surface area contributed by atoms with E-state index in [2.05, 4.69) is 14.9 Å². The van der Waals surface area contributed by atoms with Crippen molar-refractivity contribution in [1.82, 2.24) is 24.7 Å². The van der Waals surface area contributed by atoms with E-state index in [0.717, 1.165) is 36.8 Å². The molecule has 2 aromatic heterocycles. The van der Waals surface area contributed by atoms with Crippen LogP contribution in [0.4, 0.5) is 0 Å². The monoisotopic (exact) mass is 439 g/mol. The highest BCUT2D eigenvalue weighted by Crippen LogP contribution is 2.26. The molecule has 2 aliphatic heterocycles. The third kappa shape index (κ3) is 3.76. The fourth-order valence-electron chi connectivity index (χ4n) is 3.85. The largest absolute Gasteiger partial charge is 0.334 e. The molecule has 5 rings (SSSR count). The molecule has 0 radical (unpaired) electrons. The van der Waals surface area contributed by atoms with Crippen molar-refractivity contribution in [3.63, 3.8) is 0 Å². The first-order valence-corrected chi connectivity index (χ1v) is 11.7. The van der Waals surface area contributed by atoms with Crippen molar-refractivity contribution in [2.75, 3.05) is 39.3 Å². The minimum atomic E-state index is 0.00210. The minimum Gasteiger partial charge on any atom is -0.334 e. The average molecular weight is 440 g/mol. The van der Waals surface area contributed by atoms with Gasteiger partial charge in [-0.15, -0.1) is 22.7 Å². The summed E-state index contributed by atoms with van der Waals surface area (Å²) in [5.41, 5.74) is 1.56. The molecule has 0 saturated carbocycles. The highest BCUT2D eigenvalue weighted by Gasteiger charge is 2.37. The van der Waals surface area contributed by atoms with Gasteiger partial charge < -0.3 is 9.80 Å². The van der Waals surface area contributed by atoms with Crippen LogP contribution in [0.25, 0.3) is 10.6 Å². The van der Waals surface area contributed by atoms with Gasteiger partial charge in [-0.1, -0.05) is 30.3 Å². The van der Waals surface area contributed by atoms with Crippen molar-refractivity contribution < 1.29 is 9.59 Å². The Hall–Kier alpha value is -2.62. The second kappa shape index (κ2) is 8.25. The second-order valence-electron chi connectivity index (χ2n) is 7.43. The van der Waals surface area contributed by atoms with Crippen LogP contribution < -0.4 is 0 Å². The molecule has 0 aliphatic carbocycles. The number of aromatic nitrogens is 2. The zero-order valence-electron chi connectivity index (χ0n) is 16.3. The SMILES string of the molecule is O=C(c1csc(-c2ccccc2)n1)N1CC(N2CCN(C(=O)c3nccs3)CC2)C1. The van der Waals surface area contributed by atoms with E-state index in [1.807, 2.05) is 50.9 Å². The molecule has 3 aromatic rings. The van der Waals surface area contributed by atoms with E-state index in [9.17, 15) is 9.59 Å². The predicted octanol–water partition coefficient (Wildman–Crippen LogP) is 2.55. The first-order valence-electron chi connectivity index (χ1n) is 9.92. The first-order chi connectivity index (χ1) is 14.7. The van der Waals surface area contributed by atoms with Crippen molar-refractivity contribution in [2.24, 2.45) is 0 Å². The van der Waals surface area contributed by atoms with Gasteiger partial charge in [-0.05, 0) is 0 Å². The number of hydrogen-bond donors (Lipinski definition) is 0. The Morgan fingerprint density at radius 3 is 2.40 bits per heavy atom. The fraction of sp³-hybridized carbons (Fsp3) is 0.333. The highest BCUT2D eigenvalue weighted by atomic mass is 32.1. The van der Waals surface area contributed by atoms with Crippen LogP contribution in [0.5, 0.6) is 0 Å². The van der Waals surface area contributed by atoms with Crippen LogP contribution >= 0.6 is 22.7 Å².